The fraction of sp³-hybridized carbons (Fsp3) is 0.579. The van der Waals surface area contributed by atoms with E-state index >= 15 is 0 Å². The summed E-state index contributed by atoms with van der Waals surface area (Å²) in [5, 5.41) is 2.05. The molecule has 2 aliphatic rings. The van der Waals surface area contributed by atoms with E-state index in [1.807, 2.05) is 0 Å². The molecule has 10 heteroatoms. The van der Waals surface area contributed by atoms with E-state index in [0.717, 1.165) is 18.4 Å². The van der Waals surface area contributed by atoms with Gasteiger partial charge < -0.3 is 15.0 Å². The molecule has 0 spiro atoms. The van der Waals surface area contributed by atoms with Crippen LogP contribution in [-0.4, -0.2) is 37.2 Å². The van der Waals surface area contributed by atoms with E-state index in [4.69, 9.17) is 11.6 Å². The van der Waals surface area contributed by atoms with Gasteiger partial charge in [-0.25, -0.2) is 8.78 Å². The minimum Gasteiger partial charge on any atom is -0.371 e. The topological polar surface area (TPSA) is 49.4 Å². The largest absolute Gasteiger partial charge is 0.417 e. The second-order valence-corrected chi connectivity index (χ2v) is 7.99. The molecular weight excluding hydrogens is 419 g/mol. The molecule has 1 saturated carbocycles. The molecule has 0 bridgehead atoms. The summed E-state index contributed by atoms with van der Waals surface area (Å²) in [6.45, 7) is -0.0751. The zero-order valence-electron chi connectivity index (χ0n) is 15.4. The fourth-order valence-electron chi connectivity index (χ4n) is 3.68. The SMILES string of the molecule is O=CC1CC(NC(=O)c2cc(Cl)c(C(F)(F)F)cc2N2CCCC(F)(F)CC2)C1. The molecule has 0 aromatic heterocycles. The van der Waals surface area contributed by atoms with Crippen LogP contribution in [-0.2, 0) is 11.0 Å². The molecule has 3 rings (SSSR count). The molecule has 4 nitrogen and oxygen atoms in total. The average molecular weight is 439 g/mol. The van der Waals surface area contributed by atoms with Gasteiger partial charge in [-0.3, -0.25) is 4.79 Å². The van der Waals surface area contributed by atoms with Gasteiger partial charge in [-0.15, -0.1) is 0 Å². The highest BCUT2D eigenvalue weighted by Gasteiger charge is 2.38. The summed E-state index contributed by atoms with van der Waals surface area (Å²) in [6.07, 6.45) is -3.84. The first kappa shape index (κ1) is 21.8. The Kier molecular flexibility index (Phi) is 6.08. The zero-order valence-corrected chi connectivity index (χ0v) is 16.1. The van der Waals surface area contributed by atoms with Crippen LogP contribution in [0.4, 0.5) is 27.6 Å². The molecule has 0 unspecified atom stereocenters. The third kappa shape index (κ3) is 4.99. The van der Waals surface area contributed by atoms with Crippen molar-refractivity contribution in [2.75, 3.05) is 18.0 Å². The van der Waals surface area contributed by atoms with Crippen molar-refractivity contribution in [1.29, 1.82) is 0 Å². The maximum Gasteiger partial charge on any atom is 0.417 e. The van der Waals surface area contributed by atoms with E-state index < -0.39 is 35.0 Å². The summed E-state index contributed by atoms with van der Waals surface area (Å²) in [5.74, 6) is -3.68. The van der Waals surface area contributed by atoms with Crippen LogP contribution in [0.5, 0.6) is 0 Å². The van der Waals surface area contributed by atoms with Gasteiger partial charge >= 0.3 is 6.18 Å². The Morgan fingerprint density at radius 2 is 1.90 bits per heavy atom. The Labute approximate surface area is 169 Å². The molecule has 0 radical (unpaired) electrons. The van der Waals surface area contributed by atoms with Gasteiger partial charge in [0.2, 0.25) is 5.92 Å². The van der Waals surface area contributed by atoms with Gasteiger partial charge in [0.15, 0.2) is 0 Å². The van der Waals surface area contributed by atoms with Crippen molar-refractivity contribution in [2.24, 2.45) is 5.92 Å². The summed E-state index contributed by atoms with van der Waals surface area (Å²) in [5.41, 5.74) is -1.28. The number of amides is 1. The van der Waals surface area contributed by atoms with E-state index in [1.165, 1.54) is 4.90 Å². The Morgan fingerprint density at radius 1 is 1.21 bits per heavy atom. The van der Waals surface area contributed by atoms with Gasteiger partial charge in [0.1, 0.15) is 6.29 Å². The van der Waals surface area contributed by atoms with Gasteiger partial charge in [0, 0.05) is 37.9 Å². The third-order valence-corrected chi connectivity index (χ3v) is 5.71. The highest BCUT2D eigenvalue weighted by atomic mass is 35.5. The molecule has 0 atom stereocenters. The Bertz CT molecular complexity index is 794. The predicted molar refractivity (Wildman–Crippen MR) is 97.5 cm³/mol. The number of anilines is 1. The molecule has 1 aliphatic heterocycles. The van der Waals surface area contributed by atoms with Crippen molar-refractivity contribution in [2.45, 2.75) is 50.2 Å². The molecule has 1 aliphatic carbocycles. The van der Waals surface area contributed by atoms with E-state index in [-0.39, 0.29) is 49.1 Å². The second kappa shape index (κ2) is 8.08. The van der Waals surface area contributed by atoms with Crippen LogP contribution < -0.4 is 10.2 Å². The highest BCUT2D eigenvalue weighted by Crippen LogP contribution is 2.40. The number of carbonyl (C=O) groups excluding carboxylic acids is 2. The second-order valence-electron chi connectivity index (χ2n) is 7.58. The van der Waals surface area contributed by atoms with Gasteiger partial charge in [-0.2, -0.15) is 13.2 Å². The lowest BCUT2D eigenvalue weighted by atomic mass is 9.81. The van der Waals surface area contributed by atoms with Crippen molar-refractivity contribution >= 4 is 29.5 Å². The van der Waals surface area contributed by atoms with Crippen LogP contribution >= 0.6 is 11.6 Å². The highest BCUT2D eigenvalue weighted by molar-refractivity contribution is 6.32. The number of halogens is 6. The van der Waals surface area contributed by atoms with Crippen molar-refractivity contribution in [1.82, 2.24) is 5.32 Å². The first-order chi connectivity index (χ1) is 13.5. The number of hydrogen-bond donors (Lipinski definition) is 1. The summed E-state index contributed by atoms with van der Waals surface area (Å²) >= 11 is 5.79. The number of nitrogens with one attached hydrogen (secondary N) is 1. The molecule has 160 valence electrons. The number of alkyl halides is 5. The number of nitrogens with zero attached hydrogens (tertiary/aromatic N) is 1. The minimum absolute atomic E-state index is 0.0665. The predicted octanol–water partition coefficient (Wildman–Crippen LogP) is 4.69. The molecule has 1 heterocycles. The normalized spacial score (nSPS) is 24.4. The fourth-order valence-corrected chi connectivity index (χ4v) is 3.95. The van der Waals surface area contributed by atoms with Gasteiger partial charge in [-0.05, 0) is 31.4 Å². The maximum absolute atomic E-state index is 13.7. The molecule has 2 fully saturated rings. The first-order valence-electron chi connectivity index (χ1n) is 9.30. The lowest BCUT2D eigenvalue weighted by molar-refractivity contribution is -0.137. The Hall–Kier alpha value is -1.90. The number of carbonyl (C=O) groups is 2. The minimum atomic E-state index is -4.75. The van der Waals surface area contributed by atoms with Gasteiger partial charge in [-0.1, -0.05) is 11.6 Å². The maximum atomic E-state index is 13.7. The summed E-state index contributed by atoms with van der Waals surface area (Å²) in [6, 6.07) is 1.43. The first-order valence-corrected chi connectivity index (χ1v) is 9.67. The Morgan fingerprint density at radius 3 is 2.52 bits per heavy atom. The van der Waals surface area contributed by atoms with Crippen molar-refractivity contribution in [3.05, 3.63) is 28.3 Å². The monoisotopic (exact) mass is 438 g/mol. The molecule has 1 saturated heterocycles. The average Bonchev–Trinajstić information content (AvgIpc) is 2.76. The van der Waals surface area contributed by atoms with E-state index in [0.29, 0.717) is 12.8 Å². The van der Waals surface area contributed by atoms with Crippen LogP contribution in [0, 0.1) is 5.92 Å². The number of rotatable bonds is 4. The van der Waals surface area contributed by atoms with Crippen LogP contribution in [0.3, 0.4) is 0 Å². The third-order valence-electron chi connectivity index (χ3n) is 5.40. The zero-order chi connectivity index (χ0) is 21.4. The van der Waals surface area contributed by atoms with Gasteiger partial charge in [0.05, 0.1) is 21.8 Å². The van der Waals surface area contributed by atoms with E-state index in [1.54, 1.807) is 0 Å². The molecular formula is C19H20ClF5N2O2. The van der Waals surface area contributed by atoms with Crippen LogP contribution in [0.25, 0.3) is 0 Å². The summed E-state index contributed by atoms with van der Waals surface area (Å²) < 4.78 is 67.4. The summed E-state index contributed by atoms with van der Waals surface area (Å²) in [4.78, 5) is 24.8. The van der Waals surface area contributed by atoms with E-state index in [9.17, 15) is 31.5 Å². The van der Waals surface area contributed by atoms with E-state index in [2.05, 4.69) is 5.32 Å². The summed E-state index contributed by atoms with van der Waals surface area (Å²) in [7, 11) is 0. The molecule has 29 heavy (non-hydrogen) atoms. The number of aldehydes is 1. The van der Waals surface area contributed by atoms with Crippen molar-refractivity contribution in [3.8, 4) is 0 Å². The molecule has 1 N–H and O–H groups in total. The van der Waals surface area contributed by atoms with Gasteiger partial charge in [0.25, 0.3) is 5.91 Å². The number of benzene rings is 1. The Balaban J connectivity index is 1.92. The molecule has 1 aromatic rings. The van der Waals surface area contributed by atoms with Crippen LogP contribution in [0.1, 0.15) is 48.0 Å². The standard InChI is InChI=1S/C19H20ClF5N2O2/c20-15-8-13(17(29)26-12-6-11(7-12)10-28)16(9-14(15)19(23,24)25)27-4-1-2-18(21,22)3-5-27/h8-12H,1-7H2,(H,26,29). The van der Waals surface area contributed by atoms with Crippen LogP contribution in [0.2, 0.25) is 5.02 Å². The van der Waals surface area contributed by atoms with Crippen molar-refractivity contribution < 1.29 is 31.5 Å². The van der Waals surface area contributed by atoms with Crippen molar-refractivity contribution in [3.63, 3.8) is 0 Å². The lowest BCUT2D eigenvalue weighted by Gasteiger charge is -2.33. The quantitative estimate of drug-likeness (QED) is 0.548. The lowest BCUT2D eigenvalue weighted by Crippen LogP contribution is -2.45. The molecule has 1 aromatic carbocycles. The van der Waals surface area contributed by atoms with Crippen LogP contribution in [0.15, 0.2) is 12.1 Å². The smallest absolute Gasteiger partial charge is 0.371 e. The molecule has 1 amide bonds. The number of hydrogen-bond acceptors (Lipinski definition) is 3.